The number of benzene rings is 2. The zero-order valence-electron chi connectivity index (χ0n) is 9.50. The van der Waals surface area contributed by atoms with Crippen LogP contribution in [0.5, 0.6) is 0 Å². The third-order valence-corrected chi connectivity index (χ3v) is 3.89. The van der Waals surface area contributed by atoms with Crippen molar-refractivity contribution in [2.24, 2.45) is 0 Å². The third-order valence-electron chi connectivity index (χ3n) is 2.48. The lowest BCUT2D eigenvalue weighted by Crippen LogP contribution is -2.01. The first-order valence-electron chi connectivity index (χ1n) is 5.43. The van der Waals surface area contributed by atoms with Crippen LogP contribution in [0.15, 0.2) is 60.7 Å². The van der Waals surface area contributed by atoms with E-state index in [0.717, 1.165) is 0 Å². The van der Waals surface area contributed by atoms with Gasteiger partial charge in [-0.1, -0.05) is 60.7 Å². The smallest absolute Gasteiger partial charge is 0.226 e. The van der Waals surface area contributed by atoms with Crippen LogP contribution in [0.25, 0.3) is 0 Å². The Balaban J connectivity index is 2.23. The molecule has 0 fully saturated rings. The van der Waals surface area contributed by atoms with Gasteiger partial charge in [0.05, 0.1) is 0 Å². The van der Waals surface area contributed by atoms with E-state index in [1.165, 1.54) is 0 Å². The Morgan fingerprint density at radius 1 is 0.667 bits per heavy atom. The number of hydrogen-bond acceptors (Lipinski definition) is 3. The summed E-state index contributed by atoms with van der Waals surface area (Å²) in [6, 6.07) is 16.5. The predicted molar refractivity (Wildman–Crippen MR) is 70.5 cm³/mol. The van der Waals surface area contributed by atoms with Crippen LogP contribution in [0.3, 0.4) is 0 Å². The molecule has 0 radical (unpaired) electrons. The van der Waals surface area contributed by atoms with Gasteiger partial charge in [-0.15, -0.1) is 0 Å². The van der Waals surface area contributed by atoms with Crippen molar-refractivity contribution in [1.29, 1.82) is 0 Å². The maximum Gasteiger partial charge on any atom is 0.226 e. The lowest BCUT2D eigenvalue weighted by molar-refractivity contribution is 0.104. The average molecular weight is 258 g/mol. The molecule has 4 heteroatoms. The second-order valence-corrected chi connectivity index (χ2v) is 5.29. The van der Waals surface area contributed by atoms with Gasteiger partial charge in [-0.2, -0.15) is 0 Å². The van der Waals surface area contributed by atoms with Gasteiger partial charge in [0, 0.05) is 11.1 Å². The average Bonchev–Trinajstić information content (AvgIpc) is 2.47. The minimum absolute atomic E-state index is 0.311. The van der Waals surface area contributed by atoms with Crippen molar-refractivity contribution in [3.05, 3.63) is 71.8 Å². The Morgan fingerprint density at radius 2 is 1.00 bits per heavy atom. The van der Waals surface area contributed by atoms with Gasteiger partial charge in [0.25, 0.3) is 0 Å². The second-order valence-electron chi connectivity index (χ2n) is 3.72. The molecule has 0 saturated carbocycles. The predicted octanol–water partition coefficient (Wildman–Crippen LogP) is 3.23. The van der Waals surface area contributed by atoms with E-state index in [4.69, 9.17) is 0 Å². The van der Waals surface area contributed by atoms with Gasteiger partial charge in [0.15, 0.2) is 0 Å². The fourth-order valence-electron chi connectivity index (χ4n) is 1.54. The molecule has 0 aliphatic heterocycles. The molecule has 0 heterocycles. The molecule has 3 nitrogen and oxygen atoms in total. The van der Waals surface area contributed by atoms with Crippen molar-refractivity contribution in [1.82, 2.24) is 0 Å². The summed E-state index contributed by atoms with van der Waals surface area (Å²) < 4.78 is 11.9. The topological polar surface area (TPSA) is 51.2 Å². The van der Waals surface area contributed by atoms with Gasteiger partial charge < -0.3 is 4.57 Å². The van der Waals surface area contributed by atoms with Gasteiger partial charge >= 0.3 is 0 Å². The molecule has 90 valence electrons. The molecule has 0 amide bonds. The van der Waals surface area contributed by atoms with E-state index in [-0.39, 0.29) is 0 Å². The minimum Gasteiger partial charge on any atom is -0.310 e. The summed E-state index contributed by atoms with van der Waals surface area (Å²) in [6.07, 6.45) is 0. The van der Waals surface area contributed by atoms with E-state index in [9.17, 15) is 14.2 Å². The highest BCUT2D eigenvalue weighted by Gasteiger charge is 2.22. The van der Waals surface area contributed by atoms with Crippen LogP contribution in [0.2, 0.25) is 0 Å². The highest BCUT2D eigenvalue weighted by atomic mass is 31.1. The standard InChI is InChI=1S/C14H11O3P/c15-13(11-7-3-1-4-8-11)18(17)14(16)12-9-5-2-6-10-12/h1-10,18H. The van der Waals surface area contributed by atoms with Gasteiger partial charge in [-0.05, 0) is 0 Å². The Hall–Kier alpha value is -1.99. The van der Waals surface area contributed by atoms with E-state index in [0.29, 0.717) is 11.1 Å². The first kappa shape index (κ1) is 12.5. The van der Waals surface area contributed by atoms with Crippen LogP contribution in [0, 0.1) is 0 Å². The van der Waals surface area contributed by atoms with Crippen molar-refractivity contribution in [3.63, 3.8) is 0 Å². The van der Waals surface area contributed by atoms with Gasteiger partial charge in [0.1, 0.15) is 0 Å². The molecule has 0 spiro atoms. The third kappa shape index (κ3) is 2.63. The molecule has 0 aliphatic rings. The zero-order valence-corrected chi connectivity index (χ0v) is 10.5. The van der Waals surface area contributed by atoms with E-state index >= 15 is 0 Å². The van der Waals surface area contributed by atoms with Crippen LogP contribution < -0.4 is 0 Å². The van der Waals surface area contributed by atoms with Crippen molar-refractivity contribution in [2.45, 2.75) is 0 Å². The van der Waals surface area contributed by atoms with Gasteiger partial charge in [-0.25, -0.2) is 0 Å². The minimum atomic E-state index is -2.98. The molecule has 2 aromatic carbocycles. The molecule has 2 rings (SSSR count). The van der Waals surface area contributed by atoms with Crippen molar-refractivity contribution in [3.8, 4) is 0 Å². The van der Waals surface area contributed by atoms with Crippen LogP contribution in [-0.4, -0.2) is 11.0 Å². The highest BCUT2D eigenvalue weighted by molar-refractivity contribution is 7.80. The molecule has 0 saturated heterocycles. The molecule has 0 aliphatic carbocycles. The van der Waals surface area contributed by atoms with E-state index in [2.05, 4.69) is 0 Å². The maximum atomic E-state index is 11.9. The second kappa shape index (κ2) is 5.56. The Labute approximate surface area is 105 Å². The Morgan fingerprint density at radius 3 is 1.33 bits per heavy atom. The first-order chi connectivity index (χ1) is 8.70. The van der Waals surface area contributed by atoms with Crippen molar-refractivity contribution >= 4 is 18.8 Å². The molecule has 0 N–H and O–H groups in total. The number of carbonyl (C=O) groups is 2. The summed E-state index contributed by atoms with van der Waals surface area (Å²) in [5.74, 6) is 0. The summed E-state index contributed by atoms with van der Waals surface area (Å²) >= 11 is 0. The van der Waals surface area contributed by atoms with Gasteiger partial charge in [0.2, 0.25) is 18.8 Å². The zero-order chi connectivity index (χ0) is 13.0. The summed E-state index contributed by atoms with van der Waals surface area (Å²) in [5.41, 5.74) is -0.555. The van der Waals surface area contributed by atoms with E-state index < -0.39 is 18.8 Å². The fourth-order valence-corrected chi connectivity index (χ4v) is 2.61. The van der Waals surface area contributed by atoms with Crippen LogP contribution in [-0.2, 0) is 4.57 Å². The number of rotatable bonds is 4. The molecule has 0 aromatic heterocycles. The summed E-state index contributed by atoms with van der Waals surface area (Å²) in [4.78, 5) is 23.7. The largest absolute Gasteiger partial charge is 0.310 e. The Bertz CT molecular complexity index is 537. The lowest BCUT2D eigenvalue weighted by atomic mass is 10.2. The van der Waals surface area contributed by atoms with Crippen LogP contribution in [0.4, 0.5) is 0 Å². The molecular formula is C14H11O3P. The summed E-state index contributed by atoms with van der Waals surface area (Å²) in [7, 11) is -2.98. The normalized spacial score (nSPS) is 10.3. The SMILES string of the molecule is O=C(c1ccccc1)[PH](=O)C(=O)c1ccccc1. The van der Waals surface area contributed by atoms with Crippen LogP contribution >= 0.6 is 7.80 Å². The maximum absolute atomic E-state index is 11.9. The Kier molecular flexibility index (Phi) is 3.85. The van der Waals surface area contributed by atoms with Crippen molar-refractivity contribution in [2.75, 3.05) is 0 Å². The fraction of sp³-hybridized carbons (Fsp3) is 0. The molecule has 0 atom stereocenters. The van der Waals surface area contributed by atoms with E-state index in [1.807, 2.05) is 0 Å². The summed E-state index contributed by atoms with van der Waals surface area (Å²) in [5, 5.41) is 0. The molecular weight excluding hydrogens is 247 g/mol. The van der Waals surface area contributed by atoms with Gasteiger partial charge in [-0.3, -0.25) is 9.59 Å². The van der Waals surface area contributed by atoms with E-state index in [1.54, 1.807) is 60.7 Å². The van der Waals surface area contributed by atoms with Crippen LogP contribution in [0.1, 0.15) is 20.7 Å². The molecule has 2 aromatic rings. The summed E-state index contributed by atoms with van der Waals surface area (Å²) in [6.45, 7) is 0. The lowest BCUT2D eigenvalue weighted by Gasteiger charge is -2.01. The monoisotopic (exact) mass is 258 g/mol. The van der Waals surface area contributed by atoms with Crippen molar-refractivity contribution < 1.29 is 14.2 Å². The quantitative estimate of drug-likeness (QED) is 0.791. The molecule has 0 bridgehead atoms. The number of hydrogen-bond donors (Lipinski definition) is 0. The molecule has 18 heavy (non-hydrogen) atoms. The number of carbonyl (C=O) groups excluding carboxylic acids is 2. The highest BCUT2D eigenvalue weighted by Crippen LogP contribution is 2.31. The first-order valence-corrected chi connectivity index (χ1v) is 6.84. The molecule has 0 unspecified atom stereocenters.